The van der Waals surface area contributed by atoms with Gasteiger partial charge >= 0.3 is 11.9 Å². The molecule has 0 aliphatic heterocycles. The molecule has 3 atom stereocenters. The van der Waals surface area contributed by atoms with E-state index in [-0.39, 0.29) is 34.9 Å². The van der Waals surface area contributed by atoms with E-state index in [0.717, 1.165) is 56.3 Å². The van der Waals surface area contributed by atoms with E-state index in [4.69, 9.17) is 29.8 Å². The summed E-state index contributed by atoms with van der Waals surface area (Å²) in [5.74, 6) is -1.85. The van der Waals surface area contributed by atoms with Gasteiger partial charge in [0.15, 0.2) is 0 Å². The number of aromatic carboxylic acids is 2. The molecule has 1 aliphatic rings. The highest BCUT2D eigenvalue weighted by Gasteiger charge is 2.36. The molecule has 2 aromatic rings. The zero-order valence-corrected chi connectivity index (χ0v) is 29.5. The quantitative estimate of drug-likeness (QED) is 0.122. The fourth-order valence-corrected chi connectivity index (χ4v) is 5.64. The predicted molar refractivity (Wildman–Crippen MR) is 186 cm³/mol. The summed E-state index contributed by atoms with van der Waals surface area (Å²) >= 11 is 0. The molecule has 0 saturated heterocycles. The van der Waals surface area contributed by atoms with Crippen LogP contribution in [0.25, 0.3) is 0 Å². The first-order valence-electron chi connectivity index (χ1n) is 17.6. The molecule has 0 aromatic carbocycles. The Hall–Kier alpha value is -2.96. The van der Waals surface area contributed by atoms with Crippen LogP contribution in [-0.2, 0) is 31.8 Å². The molecule has 4 N–H and O–H groups in total. The number of carboxylic acids is 2. The zero-order valence-electron chi connectivity index (χ0n) is 29.5. The van der Waals surface area contributed by atoms with Crippen molar-refractivity contribution < 1.29 is 38.7 Å². The molecule has 0 spiro atoms. The van der Waals surface area contributed by atoms with Gasteiger partial charge in [-0.15, -0.1) is 0 Å². The predicted octanol–water partition coefficient (Wildman–Crippen LogP) is 6.22. The van der Waals surface area contributed by atoms with E-state index in [1.165, 1.54) is 18.6 Å². The number of aryl methyl sites for hydroxylation is 1. The Balaban J connectivity index is 0.00000257. The third-order valence-electron chi connectivity index (χ3n) is 8.15. The van der Waals surface area contributed by atoms with Gasteiger partial charge in [-0.05, 0) is 93.4 Å². The van der Waals surface area contributed by atoms with Gasteiger partial charge in [0.25, 0.3) is 0 Å². The summed E-state index contributed by atoms with van der Waals surface area (Å²) in [5, 5.41) is 18.4. The number of hydrogen-bond acceptors (Lipinski definition) is 9. The highest BCUT2D eigenvalue weighted by molar-refractivity contribution is 5.85. The molecular formula is C37H59N3O8. The molecule has 270 valence electrons. The van der Waals surface area contributed by atoms with Gasteiger partial charge in [-0.2, -0.15) is 0 Å². The van der Waals surface area contributed by atoms with Crippen molar-refractivity contribution in [1.82, 2.24) is 9.97 Å². The number of nitrogens with zero attached hydrogens (tertiary/aromatic N) is 2. The lowest BCUT2D eigenvalue weighted by molar-refractivity contribution is -0.115. The van der Waals surface area contributed by atoms with Gasteiger partial charge in [0.05, 0.1) is 32.0 Å². The number of pyridine rings is 2. The summed E-state index contributed by atoms with van der Waals surface area (Å²) in [6.07, 6.45) is 8.94. The van der Waals surface area contributed by atoms with Crippen molar-refractivity contribution >= 4 is 11.9 Å². The van der Waals surface area contributed by atoms with Crippen LogP contribution in [0.1, 0.15) is 111 Å². The van der Waals surface area contributed by atoms with Crippen LogP contribution in [-0.4, -0.2) is 90.5 Å². The summed E-state index contributed by atoms with van der Waals surface area (Å²) in [6, 6.07) is 10.2. The van der Waals surface area contributed by atoms with Crippen molar-refractivity contribution in [2.45, 2.75) is 104 Å². The molecule has 1 aliphatic carbocycles. The molecule has 0 radical (unpaired) electrons. The zero-order chi connectivity index (χ0) is 35.2. The van der Waals surface area contributed by atoms with Crippen molar-refractivity contribution in [3.63, 3.8) is 0 Å². The van der Waals surface area contributed by atoms with Crippen molar-refractivity contribution in [3.8, 4) is 0 Å². The number of aromatic nitrogens is 2. The highest BCUT2D eigenvalue weighted by atomic mass is 16.5. The van der Waals surface area contributed by atoms with Crippen LogP contribution >= 0.6 is 0 Å². The molecule has 0 amide bonds. The van der Waals surface area contributed by atoms with E-state index in [1.807, 2.05) is 12.1 Å². The van der Waals surface area contributed by atoms with Gasteiger partial charge in [0.2, 0.25) is 0 Å². The van der Waals surface area contributed by atoms with Crippen molar-refractivity contribution in [1.29, 1.82) is 0 Å². The molecule has 2 aromatic heterocycles. The van der Waals surface area contributed by atoms with Crippen LogP contribution in [0.2, 0.25) is 0 Å². The molecule has 0 bridgehead atoms. The average molecular weight is 674 g/mol. The second kappa shape index (κ2) is 23.4. The van der Waals surface area contributed by atoms with Crippen molar-refractivity contribution in [2.75, 3.05) is 46.2 Å². The van der Waals surface area contributed by atoms with Crippen LogP contribution < -0.4 is 5.73 Å². The Bertz CT molecular complexity index is 1190. The summed E-state index contributed by atoms with van der Waals surface area (Å²) in [4.78, 5) is 31.0. The van der Waals surface area contributed by atoms with Gasteiger partial charge < -0.3 is 34.9 Å². The maximum Gasteiger partial charge on any atom is 0.354 e. The van der Waals surface area contributed by atoms with E-state index >= 15 is 0 Å². The van der Waals surface area contributed by atoms with Crippen LogP contribution in [0.15, 0.2) is 36.4 Å². The molecular weight excluding hydrogens is 614 g/mol. The lowest BCUT2D eigenvalue weighted by Gasteiger charge is -2.40. The maximum absolute atomic E-state index is 11.4. The smallest absolute Gasteiger partial charge is 0.354 e. The fraction of sp³-hybridized carbons (Fsp3) is 0.676. The topological polar surface area (TPSA) is 163 Å². The molecule has 1 saturated carbocycles. The Labute approximate surface area is 286 Å². The average Bonchev–Trinajstić information content (AvgIpc) is 3.05. The normalized spacial score (nSPS) is 17.7. The third kappa shape index (κ3) is 16.9. The fourth-order valence-electron chi connectivity index (χ4n) is 5.64. The first-order chi connectivity index (χ1) is 23.1. The second-order valence-electron chi connectivity index (χ2n) is 13.2. The van der Waals surface area contributed by atoms with Crippen LogP contribution in [0, 0.1) is 11.3 Å². The Morgan fingerprint density at radius 1 is 0.833 bits per heavy atom. The Morgan fingerprint density at radius 2 is 1.42 bits per heavy atom. The number of carboxylic acid groups (broad SMARTS) is 2. The van der Waals surface area contributed by atoms with Gasteiger partial charge in [-0.25, -0.2) is 19.6 Å². The Kier molecular flexibility index (Phi) is 20.1. The number of rotatable bonds is 22. The minimum atomic E-state index is -1.03. The summed E-state index contributed by atoms with van der Waals surface area (Å²) in [6.45, 7) is 12.5. The molecule has 11 heteroatoms. The molecule has 3 unspecified atom stereocenters. The minimum Gasteiger partial charge on any atom is -0.477 e. The van der Waals surface area contributed by atoms with Crippen molar-refractivity contribution in [3.05, 3.63) is 59.2 Å². The Morgan fingerprint density at radius 3 is 2.06 bits per heavy atom. The lowest BCUT2D eigenvalue weighted by Crippen LogP contribution is -2.42. The number of carbonyl (C=O) groups is 2. The molecule has 11 nitrogen and oxygen atoms in total. The molecule has 1 fully saturated rings. The van der Waals surface area contributed by atoms with E-state index in [9.17, 15) is 14.7 Å². The van der Waals surface area contributed by atoms with E-state index in [1.54, 1.807) is 12.1 Å². The van der Waals surface area contributed by atoms with Gasteiger partial charge in [-0.1, -0.05) is 46.2 Å². The van der Waals surface area contributed by atoms with Crippen LogP contribution in [0.4, 0.5) is 0 Å². The third-order valence-corrected chi connectivity index (χ3v) is 8.15. The maximum atomic E-state index is 11.4. The largest absolute Gasteiger partial charge is 0.477 e. The van der Waals surface area contributed by atoms with E-state index in [2.05, 4.69) is 37.7 Å². The first-order valence-corrected chi connectivity index (χ1v) is 17.6. The number of ether oxygens (including phenoxy) is 4. The van der Waals surface area contributed by atoms with E-state index < -0.39 is 11.9 Å². The monoisotopic (exact) mass is 673 g/mol. The summed E-state index contributed by atoms with van der Waals surface area (Å²) in [7, 11) is 0. The minimum absolute atomic E-state index is 0.0222. The second-order valence-corrected chi connectivity index (χ2v) is 13.2. The first kappa shape index (κ1) is 41.2. The summed E-state index contributed by atoms with van der Waals surface area (Å²) in [5.41, 5.74) is 7.51. The number of unbranched alkanes of at least 4 members (excludes halogenated alkanes) is 1. The molecule has 2 heterocycles. The summed E-state index contributed by atoms with van der Waals surface area (Å²) < 4.78 is 24.0. The van der Waals surface area contributed by atoms with Crippen molar-refractivity contribution in [2.24, 2.45) is 17.1 Å². The van der Waals surface area contributed by atoms with Crippen LogP contribution in [0.3, 0.4) is 0 Å². The SMILES string of the molecule is CC1(C)CCC(OCCN)C(OCCC(CCOCCOCCCCc2cccc(C(=O)O)n2)Cc2cccc(C(=O)O)n2)C1.CCC. The van der Waals surface area contributed by atoms with Gasteiger partial charge in [-0.3, -0.25) is 0 Å². The lowest BCUT2D eigenvalue weighted by atomic mass is 9.75. The number of nitrogens with two attached hydrogens (primary N) is 1. The number of hydrogen-bond donors (Lipinski definition) is 3. The van der Waals surface area contributed by atoms with Gasteiger partial charge in [0.1, 0.15) is 11.4 Å². The van der Waals surface area contributed by atoms with Gasteiger partial charge in [0, 0.05) is 37.8 Å². The highest BCUT2D eigenvalue weighted by Crippen LogP contribution is 2.38. The van der Waals surface area contributed by atoms with Crippen LogP contribution in [0.5, 0.6) is 0 Å². The molecule has 3 rings (SSSR count). The molecule has 48 heavy (non-hydrogen) atoms. The van der Waals surface area contributed by atoms with E-state index in [0.29, 0.717) is 59.0 Å². The standard InChI is InChI=1S/C34H51N3O8.C3H8/c1-34(2)15-12-30(45-20-16-35)31(24-34)44-19-14-25(23-27-9-6-11-29(37-27)33(40)41)13-18-43-22-21-42-17-4-3-7-26-8-5-10-28(36-26)32(38)39;1-3-2/h5-6,8-11,25,30-31H,3-4,7,12-24,35H2,1-2H3,(H,38,39)(H,40,41);3H2,1-2H3.